The number of aromatic nitrogens is 2. The fourth-order valence-corrected chi connectivity index (χ4v) is 1.44. The Bertz CT molecular complexity index is 425. The van der Waals surface area contributed by atoms with E-state index in [-0.39, 0.29) is 0 Å². The normalized spacial score (nSPS) is 10.6. The topological polar surface area (TPSA) is 51.0 Å². The van der Waals surface area contributed by atoms with Gasteiger partial charge in [-0.15, -0.1) is 0 Å². The Balaban J connectivity index is 1.80. The van der Waals surface area contributed by atoms with Crippen LogP contribution in [0.25, 0.3) is 0 Å². The van der Waals surface area contributed by atoms with Gasteiger partial charge < -0.3 is 9.84 Å². The van der Waals surface area contributed by atoms with Gasteiger partial charge in [-0.2, -0.15) is 0 Å². The van der Waals surface area contributed by atoms with Gasteiger partial charge in [-0.3, -0.25) is 4.98 Å². The fourth-order valence-electron chi connectivity index (χ4n) is 1.44. The third-order valence-corrected chi connectivity index (χ3v) is 2.32. The van der Waals surface area contributed by atoms with Gasteiger partial charge in [0.1, 0.15) is 0 Å². The van der Waals surface area contributed by atoms with Crippen LogP contribution in [-0.2, 0) is 19.5 Å². The van der Waals surface area contributed by atoms with E-state index in [1.807, 2.05) is 24.4 Å². The van der Waals surface area contributed by atoms with Crippen LogP contribution in [0, 0.1) is 0 Å². The molecule has 0 aliphatic carbocycles. The van der Waals surface area contributed by atoms with Crippen LogP contribution in [-0.4, -0.2) is 10.1 Å². The monoisotopic (exact) mass is 217 g/mol. The lowest BCUT2D eigenvalue weighted by molar-refractivity contribution is 0.368. The number of hydrogen-bond acceptors (Lipinski definition) is 4. The maximum Gasteiger partial charge on any atom is 0.150 e. The van der Waals surface area contributed by atoms with E-state index in [1.54, 1.807) is 6.20 Å². The highest BCUT2D eigenvalue weighted by atomic mass is 16.5. The molecule has 0 amide bonds. The average molecular weight is 217 g/mol. The Kier molecular flexibility index (Phi) is 3.66. The number of nitrogens with one attached hydrogen (secondary N) is 1. The van der Waals surface area contributed by atoms with E-state index in [0.29, 0.717) is 6.54 Å². The second-order valence-corrected chi connectivity index (χ2v) is 3.60. The van der Waals surface area contributed by atoms with Crippen LogP contribution in [0.4, 0.5) is 0 Å². The van der Waals surface area contributed by atoms with Crippen molar-refractivity contribution in [2.75, 3.05) is 0 Å². The predicted molar refractivity (Wildman–Crippen MR) is 60.7 cm³/mol. The molecule has 84 valence electrons. The van der Waals surface area contributed by atoms with Crippen molar-refractivity contribution in [3.63, 3.8) is 0 Å². The van der Waals surface area contributed by atoms with Crippen molar-refractivity contribution in [2.45, 2.75) is 26.4 Å². The summed E-state index contributed by atoms with van der Waals surface area (Å²) in [6.07, 6.45) is 4.53. The minimum absolute atomic E-state index is 0.696. The van der Waals surface area contributed by atoms with Gasteiger partial charge in [-0.25, -0.2) is 0 Å². The molecule has 0 spiro atoms. The Morgan fingerprint density at radius 2 is 2.31 bits per heavy atom. The third kappa shape index (κ3) is 2.90. The van der Waals surface area contributed by atoms with Crippen molar-refractivity contribution < 1.29 is 4.52 Å². The molecule has 0 radical (unpaired) electrons. The van der Waals surface area contributed by atoms with Gasteiger partial charge in [0, 0.05) is 25.0 Å². The van der Waals surface area contributed by atoms with E-state index in [9.17, 15) is 0 Å². The first-order valence-electron chi connectivity index (χ1n) is 5.42. The Morgan fingerprint density at radius 1 is 1.38 bits per heavy atom. The number of pyridine rings is 1. The summed E-state index contributed by atoms with van der Waals surface area (Å²) in [7, 11) is 0. The standard InChI is InChI=1S/C12H15N3O/c1-2-11-6-12(16-15-11)9-14-8-10-4-3-5-13-7-10/h3-7,14H,2,8-9H2,1H3. The molecule has 4 nitrogen and oxygen atoms in total. The first-order chi connectivity index (χ1) is 7.88. The largest absolute Gasteiger partial charge is 0.360 e. The molecule has 0 aliphatic rings. The molecule has 2 aromatic heterocycles. The molecule has 0 aromatic carbocycles. The summed E-state index contributed by atoms with van der Waals surface area (Å²) >= 11 is 0. The van der Waals surface area contributed by atoms with Crippen molar-refractivity contribution in [1.29, 1.82) is 0 Å². The van der Waals surface area contributed by atoms with Crippen LogP contribution in [0.5, 0.6) is 0 Å². The number of aryl methyl sites for hydroxylation is 1. The van der Waals surface area contributed by atoms with Gasteiger partial charge in [0.15, 0.2) is 5.76 Å². The minimum atomic E-state index is 0.696. The van der Waals surface area contributed by atoms with Crippen molar-refractivity contribution in [3.8, 4) is 0 Å². The molecule has 0 bridgehead atoms. The van der Waals surface area contributed by atoms with Crippen LogP contribution in [0.1, 0.15) is 23.9 Å². The fraction of sp³-hybridized carbons (Fsp3) is 0.333. The van der Waals surface area contributed by atoms with E-state index < -0.39 is 0 Å². The summed E-state index contributed by atoms with van der Waals surface area (Å²) in [6.45, 7) is 3.54. The van der Waals surface area contributed by atoms with Crippen LogP contribution < -0.4 is 5.32 Å². The quantitative estimate of drug-likeness (QED) is 0.831. The zero-order chi connectivity index (χ0) is 11.2. The van der Waals surface area contributed by atoms with Crippen molar-refractivity contribution in [3.05, 3.63) is 47.6 Å². The lowest BCUT2D eigenvalue weighted by Crippen LogP contribution is -2.12. The maximum atomic E-state index is 5.17. The summed E-state index contributed by atoms with van der Waals surface area (Å²) in [6, 6.07) is 5.95. The summed E-state index contributed by atoms with van der Waals surface area (Å²) in [5.41, 5.74) is 2.16. The Morgan fingerprint density at radius 3 is 3.00 bits per heavy atom. The van der Waals surface area contributed by atoms with Crippen LogP contribution in [0.15, 0.2) is 35.1 Å². The van der Waals surface area contributed by atoms with Crippen molar-refractivity contribution in [2.24, 2.45) is 0 Å². The molecule has 2 heterocycles. The smallest absolute Gasteiger partial charge is 0.150 e. The zero-order valence-corrected chi connectivity index (χ0v) is 9.31. The molecular formula is C12H15N3O. The second-order valence-electron chi connectivity index (χ2n) is 3.60. The summed E-state index contributed by atoms with van der Waals surface area (Å²) < 4.78 is 5.17. The van der Waals surface area contributed by atoms with Gasteiger partial charge in [-0.1, -0.05) is 18.1 Å². The minimum Gasteiger partial charge on any atom is -0.360 e. The predicted octanol–water partition coefficient (Wildman–Crippen LogP) is 1.92. The second kappa shape index (κ2) is 5.42. The van der Waals surface area contributed by atoms with Gasteiger partial charge in [0.2, 0.25) is 0 Å². The summed E-state index contributed by atoms with van der Waals surface area (Å²) in [4.78, 5) is 4.05. The van der Waals surface area contributed by atoms with Gasteiger partial charge in [0.05, 0.1) is 12.2 Å². The third-order valence-electron chi connectivity index (χ3n) is 2.32. The highest BCUT2D eigenvalue weighted by Gasteiger charge is 2.01. The Labute approximate surface area is 94.7 Å². The SMILES string of the molecule is CCc1cc(CNCc2cccnc2)on1. The highest BCUT2D eigenvalue weighted by molar-refractivity contribution is 5.09. The van der Waals surface area contributed by atoms with E-state index in [2.05, 4.69) is 22.4 Å². The molecule has 0 saturated carbocycles. The van der Waals surface area contributed by atoms with Gasteiger partial charge in [-0.05, 0) is 18.1 Å². The molecule has 4 heteroatoms. The zero-order valence-electron chi connectivity index (χ0n) is 9.31. The molecule has 2 aromatic rings. The van der Waals surface area contributed by atoms with E-state index in [0.717, 1.165) is 30.0 Å². The number of hydrogen-bond donors (Lipinski definition) is 1. The number of nitrogens with zero attached hydrogens (tertiary/aromatic N) is 2. The lowest BCUT2D eigenvalue weighted by Gasteiger charge is -2.00. The summed E-state index contributed by atoms with van der Waals surface area (Å²) in [5.74, 6) is 0.876. The van der Waals surface area contributed by atoms with E-state index in [4.69, 9.17) is 4.52 Å². The van der Waals surface area contributed by atoms with Crippen LogP contribution in [0.3, 0.4) is 0 Å². The summed E-state index contributed by atoms with van der Waals surface area (Å²) in [5, 5.41) is 7.21. The highest BCUT2D eigenvalue weighted by Crippen LogP contribution is 2.04. The first-order valence-corrected chi connectivity index (χ1v) is 5.42. The maximum absolute atomic E-state index is 5.17. The lowest BCUT2D eigenvalue weighted by atomic mass is 10.3. The molecule has 0 unspecified atom stereocenters. The molecule has 0 aliphatic heterocycles. The van der Waals surface area contributed by atoms with Crippen molar-refractivity contribution in [1.82, 2.24) is 15.5 Å². The molecule has 0 fully saturated rings. The first kappa shape index (κ1) is 10.8. The number of rotatable bonds is 5. The molecule has 2 rings (SSSR count). The van der Waals surface area contributed by atoms with Crippen molar-refractivity contribution >= 4 is 0 Å². The van der Waals surface area contributed by atoms with E-state index >= 15 is 0 Å². The average Bonchev–Trinajstić information content (AvgIpc) is 2.78. The molecule has 16 heavy (non-hydrogen) atoms. The van der Waals surface area contributed by atoms with Crippen LogP contribution in [0.2, 0.25) is 0 Å². The molecule has 1 N–H and O–H groups in total. The molecule has 0 atom stereocenters. The van der Waals surface area contributed by atoms with E-state index in [1.165, 1.54) is 0 Å². The molecule has 0 saturated heterocycles. The van der Waals surface area contributed by atoms with Gasteiger partial charge in [0.25, 0.3) is 0 Å². The van der Waals surface area contributed by atoms with Crippen LogP contribution >= 0.6 is 0 Å². The molecular weight excluding hydrogens is 202 g/mol. The van der Waals surface area contributed by atoms with Gasteiger partial charge >= 0.3 is 0 Å². The Hall–Kier alpha value is -1.68.